The lowest BCUT2D eigenvalue weighted by molar-refractivity contribution is -0.121. The minimum absolute atomic E-state index is 0.0190. The monoisotopic (exact) mass is 290 g/mol. The van der Waals surface area contributed by atoms with E-state index in [2.05, 4.69) is 12.2 Å². The molecule has 0 saturated carbocycles. The molecule has 0 aliphatic rings. The number of hydrogen-bond acceptors (Lipinski definition) is 2. The van der Waals surface area contributed by atoms with Gasteiger partial charge in [0.1, 0.15) is 0 Å². The summed E-state index contributed by atoms with van der Waals surface area (Å²) < 4.78 is 0. The summed E-state index contributed by atoms with van der Waals surface area (Å²) in [6, 6.07) is 7.71. The van der Waals surface area contributed by atoms with Crippen molar-refractivity contribution >= 4 is 11.6 Å². The third-order valence-corrected chi connectivity index (χ3v) is 3.80. The van der Waals surface area contributed by atoms with Gasteiger partial charge in [0.15, 0.2) is 0 Å². The van der Waals surface area contributed by atoms with E-state index in [0.29, 0.717) is 6.42 Å². The quantitative estimate of drug-likeness (QED) is 0.489. The maximum atomic E-state index is 11.9. The van der Waals surface area contributed by atoms with Crippen LogP contribution in [0.4, 0.5) is 5.69 Å². The summed E-state index contributed by atoms with van der Waals surface area (Å²) in [6.07, 6.45) is 9.26. The van der Waals surface area contributed by atoms with Crippen LogP contribution in [0.5, 0.6) is 0 Å². The summed E-state index contributed by atoms with van der Waals surface area (Å²) in [5.41, 5.74) is 7.56. The highest BCUT2D eigenvalue weighted by atomic mass is 16.1. The molecule has 3 nitrogen and oxygen atoms in total. The van der Waals surface area contributed by atoms with Crippen molar-refractivity contribution in [3.8, 4) is 0 Å². The second-order valence-corrected chi connectivity index (χ2v) is 5.83. The number of amides is 1. The van der Waals surface area contributed by atoms with Crippen LogP contribution in [0.3, 0.4) is 0 Å². The number of benzene rings is 1. The maximum Gasteiger partial charge on any atom is 0.220 e. The first-order valence-electron chi connectivity index (χ1n) is 8.28. The lowest BCUT2D eigenvalue weighted by atomic mass is 10.1. The van der Waals surface area contributed by atoms with Gasteiger partial charge in [-0.2, -0.15) is 0 Å². The molecule has 3 heteroatoms. The van der Waals surface area contributed by atoms with Crippen molar-refractivity contribution in [3.05, 3.63) is 29.8 Å². The average molecular weight is 290 g/mol. The maximum absolute atomic E-state index is 11.9. The summed E-state index contributed by atoms with van der Waals surface area (Å²) in [5.74, 6) is 0.137. The molecule has 0 heterocycles. The zero-order valence-electron chi connectivity index (χ0n) is 13.5. The number of unbranched alkanes of at least 4 members (excludes halogenated alkanes) is 6. The number of carbonyl (C=O) groups is 1. The van der Waals surface area contributed by atoms with Gasteiger partial charge in [0, 0.05) is 12.1 Å². The Hall–Kier alpha value is -1.51. The minimum Gasteiger partial charge on any atom is -0.399 e. The zero-order valence-corrected chi connectivity index (χ0v) is 13.5. The Bertz CT molecular complexity index is 417. The number of rotatable bonds is 10. The molecule has 0 fully saturated rings. The van der Waals surface area contributed by atoms with Gasteiger partial charge in [-0.1, -0.05) is 57.6 Å². The van der Waals surface area contributed by atoms with E-state index >= 15 is 0 Å². The van der Waals surface area contributed by atoms with Crippen molar-refractivity contribution in [2.24, 2.45) is 0 Å². The van der Waals surface area contributed by atoms with Crippen LogP contribution in [-0.2, 0) is 4.79 Å². The normalized spacial score (nSPS) is 12.1. The van der Waals surface area contributed by atoms with Crippen LogP contribution in [0.1, 0.15) is 76.8 Å². The first-order valence-corrected chi connectivity index (χ1v) is 8.28. The molecule has 0 aliphatic heterocycles. The fraction of sp³-hybridized carbons (Fsp3) is 0.611. The van der Waals surface area contributed by atoms with Crippen LogP contribution in [-0.4, -0.2) is 5.91 Å². The molecule has 1 unspecified atom stereocenters. The average Bonchev–Trinajstić information content (AvgIpc) is 2.46. The molecule has 0 spiro atoms. The second kappa shape index (κ2) is 10.3. The number of carbonyl (C=O) groups excluding carboxylic acids is 1. The zero-order chi connectivity index (χ0) is 15.5. The Morgan fingerprint density at radius 3 is 2.48 bits per heavy atom. The number of hydrogen-bond donors (Lipinski definition) is 2. The van der Waals surface area contributed by atoms with Gasteiger partial charge in [0.2, 0.25) is 5.91 Å². The van der Waals surface area contributed by atoms with Gasteiger partial charge < -0.3 is 11.1 Å². The van der Waals surface area contributed by atoms with Crippen LogP contribution in [0.25, 0.3) is 0 Å². The van der Waals surface area contributed by atoms with E-state index in [-0.39, 0.29) is 11.9 Å². The van der Waals surface area contributed by atoms with E-state index in [0.717, 1.165) is 24.1 Å². The SMILES string of the molecule is CCCCCCCCCC(=O)NC(C)c1cccc(N)c1. The van der Waals surface area contributed by atoms with Crippen LogP contribution in [0.15, 0.2) is 24.3 Å². The second-order valence-electron chi connectivity index (χ2n) is 5.83. The van der Waals surface area contributed by atoms with Crippen LogP contribution in [0, 0.1) is 0 Å². The number of anilines is 1. The molecule has 0 aliphatic carbocycles. The lowest BCUT2D eigenvalue weighted by Gasteiger charge is -2.14. The van der Waals surface area contributed by atoms with Crippen molar-refractivity contribution in [2.75, 3.05) is 5.73 Å². The molecule has 0 saturated heterocycles. The molecule has 118 valence electrons. The highest BCUT2D eigenvalue weighted by molar-refractivity contribution is 5.76. The molecule has 0 aromatic heterocycles. The van der Waals surface area contributed by atoms with E-state index in [9.17, 15) is 4.79 Å². The van der Waals surface area contributed by atoms with Gasteiger partial charge in [-0.05, 0) is 31.0 Å². The summed E-state index contributed by atoms with van der Waals surface area (Å²) in [4.78, 5) is 11.9. The van der Waals surface area contributed by atoms with E-state index in [1.54, 1.807) is 0 Å². The van der Waals surface area contributed by atoms with Crippen LogP contribution >= 0.6 is 0 Å². The van der Waals surface area contributed by atoms with Gasteiger partial charge in [-0.3, -0.25) is 4.79 Å². The fourth-order valence-electron chi connectivity index (χ4n) is 2.47. The van der Waals surface area contributed by atoms with Crippen LogP contribution in [0.2, 0.25) is 0 Å². The first-order chi connectivity index (χ1) is 10.1. The van der Waals surface area contributed by atoms with E-state index in [4.69, 9.17) is 5.73 Å². The van der Waals surface area contributed by atoms with Crippen molar-refractivity contribution in [2.45, 2.75) is 71.3 Å². The van der Waals surface area contributed by atoms with Crippen molar-refractivity contribution < 1.29 is 4.79 Å². The predicted octanol–water partition coefficient (Wildman–Crippen LogP) is 4.59. The Labute approximate surface area is 129 Å². The Balaban J connectivity index is 2.16. The van der Waals surface area contributed by atoms with Gasteiger partial charge in [-0.15, -0.1) is 0 Å². The lowest BCUT2D eigenvalue weighted by Crippen LogP contribution is -2.26. The van der Waals surface area contributed by atoms with Gasteiger partial charge >= 0.3 is 0 Å². The predicted molar refractivity (Wildman–Crippen MR) is 90.0 cm³/mol. The molecule has 1 atom stereocenters. The standard InChI is InChI=1S/C18H30N2O/c1-3-4-5-6-7-8-9-13-18(21)20-15(2)16-11-10-12-17(19)14-16/h10-12,14-15H,3-9,13,19H2,1-2H3,(H,20,21). The molecule has 0 bridgehead atoms. The van der Waals surface area contributed by atoms with Crippen molar-refractivity contribution in [1.82, 2.24) is 5.32 Å². The number of nitrogens with one attached hydrogen (secondary N) is 1. The highest BCUT2D eigenvalue weighted by Crippen LogP contribution is 2.15. The molecule has 1 rings (SSSR count). The summed E-state index contributed by atoms with van der Waals surface area (Å²) >= 11 is 0. The number of nitrogens with two attached hydrogens (primary N) is 1. The van der Waals surface area contributed by atoms with Gasteiger partial charge in [0.05, 0.1) is 6.04 Å². The Kier molecular flexibility index (Phi) is 8.56. The first kappa shape index (κ1) is 17.5. The molecular weight excluding hydrogens is 260 g/mol. The Morgan fingerprint density at radius 1 is 1.14 bits per heavy atom. The molecule has 1 aromatic carbocycles. The summed E-state index contributed by atoms with van der Waals surface area (Å²) in [5, 5.41) is 3.04. The molecule has 21 heavy (non-hydrogen) atoms. The largest absolute Gasteiger partial charge is 0.399 e. The van der Waals surface area contributed by atoms with E-state index < -0.39 is 0 Å². The summed E-state index contributed by atoms with van der Waals surface area (Å²) in [7, 11) is 0. The molecular formula is C18H30N2O. The smallest absolute Gasteiger partial charge is 0.220 e. The van der Waals surface area contributed by atoms with Gasteiger partial charge in [0.25, 0.3) is 0 Å². The van der Waals surface area contributed by atoms with E-state index in [1.807, 2.05) is 31.2 Å². The molecule has 3 N–H and O–H groups in total. The fourth-order valence-corrected chi connectivity index (χ4v) is 2.47. The van der Waals surface area contributed by atoms with Crippen LogP contribution < -0.4 is 11.1 Å². The minimum atomic E-state index is 0.0190. The Morgan fingerprint density at radius 2 is 1.81 bits per heavy atom. The van der Waals surface area contributed by atoms with E-state index in [1.165, 1.54) is 32.1 Å². The molecule has 1 amide bonds. The number of nitrogen functional groups attached to an aromatic ring is 1. The highest BCUT2D eigenvalue weighted by Gasteiger charge is 2.09. The topological polar surface area (TPSA) is 55.1 Å². The summed E-state index contributed by atoms with van der Waals surface area (Å²) in [6.45, 7) is 4.23. The third-order valence-electron chi connectivity index (χ3n) is 3.80. The van der Waals surface area contributed by atoms with Crippen molar-refractivity contribution in [1.29, 1.82) is 0 Å². The molecule has 0 radical (unpaired) electrons. The van der Waals surface area contributed by atoms with Crippen molar-refractivity contribution in [3.63, 3.8) is 0 Å². The third kappa shape index (κ3) is 7.74. The molecule has 1 aromatic rings. The van der Waals surface area contributed by atoms with Gasteiger partial charge in [-0.25, -0.2) is 0 Å².